The van der Waals surface area contributed by atoms with Crippen molar-refractivity contribution in [1.82, 2.24) is 5.32 Å². The van der Waals surface area contributed by atoms with Crippen molar-refractivity contribution in [3.8, 4) is 0 Å². The lowest BCUT2D eigenvalue weighted by atomic mass is 9.89. The third kappa shape index (κ3) is 2.71. The van der Waals surface area contributed by atoms with Crippen LogP contribution in [0.25, 0.3) is 0 Å². The van der Waals surface area contributed by atoms with Gasteiger partial charge in [0.1, 0.15) is 12.1 Å². The van der Waals surface area contributed by atoms with Crippen LogP contribution in [0.15, 0.2) is 0 Å². The Hall–Kier alpha value is -0.570. The molecule has 1 fully saturated rings. The van der Waals surface area contributed by atoms with Gasteiger partial charge in [0.2, 0.25) is 0 Å². The molecule has 0 saturated carbocycles. The van der Waals surface area contributed by atoms with Crippen molar-refractivity contribution in [3.63, 3.8) is 0 Å². The van der Waals surface area contributed by atoms with E-state index in [4.69, 9.17) is 4.74 Å². The van der Waals surface area contributed by atoms with E-state index >= 15 is 0 Å². The van der Waals surface area contributed by atoms with E-state index in [0.29, 0.717) is 18.6 Å². The van der Waals surface area contributed by atoms with Gasteiger partial charge in [-0.15, -0.1) is 0 Å². The summed E-state index contributed by atoms with van der Waals surface area (Å²) in [4.78, 5) is 11.7. The molecule has 15 heavy (non-hydrogen) atoms. The highest BCUT2D eigenvalue weighted by Gasteiger charge is 2.42. The minimum absolute atomic E-state index is 0.0764. The topological polar surface area (TPSA) is 38.3 Å². The zero-order valence-corrected chi connectivity index (χ0v) is 10.3. The van der Waals surface area contributed by atoms with Gasteiger partial charge in [0.05, 0.1) is 0 Å². The molecule has 1 aliphatic heterocycles. The van der Waals surface area contributed by atoms with Crippen molar-refractivity contribution in [2.45, 2.75) is 58.5 Å². The van der Waals surface area contributed by atoms with Gasteiger partial charge in [0.25, 0.3) is 0 Å². The van der Waals surface area contributed by atoms with Crippen molar-refractivity contribution in [2.75, 3.05) is 6.61 Å². The summed E-state index contributed by atoms with van der Waals surface area (Å²) in [5, 5.41) is 3.47. The Kier molecular flexibility index (Phi) is 4.14. The van der Waals surface area contributed by atoms with Gasteiger partial charge in [-0.2, -0.15) is 0 Å². The van der Waals surface area contributed by atoms with Crippen molar-refractivity contribution >= 4 is 5.97 Å². The van der Waals surface area contributed by atoms with Crippen LogP contribution in [0.3, 0.4) is 0 Å². The predicted octanol–water partition coefficient (Wildman–Crippen LogP) is 2.11. The Morgan fingerprint density at radius 2 is 2.07 bits per heavy atom. The largest absolute Gasteiger partial charge is 0.463 e. The van der Waals surface area contributed by atoms with Crippen LogP contribution in [0.5, 0.6) is 0 Å². The number of rotatable bonds is 4. The predicted molar refractivity (Wildman–Crippen MR) is 60.7 cm³/mol. The summed E-state index contributed by atoms with van der Waals surface area (Å²) in [6.07, 6.45) is 2.67. The lowest BCUT2D eigenvalue weighted by Gasteiger charge is -2.39. The maximum atomic E-state index is 11.7. The highest BCUT2D eigenvalue weighted by Crippen LogP contribution is 2.23. The van der Waals surface area contributed by atoms with Crippen LogP contribution < -0.4 is 5.32 Å². The van der Waals surface area contributed by atoms with E-state index in [1.807, 2.05) is 13.8 Å². The van der Waals surface area contributed by atoms with Crippen LogP contribution in [-0.4, -0.2) is 24.2 Å². The number of esters is 1. The second-order valence-electron chi connectivity index (χ2n) is 4.86. The molecule has 0 spiro atoms. The summed E-state index contributed by atoms with van der Waals surface area (Å²) >= 11 is 0. The first kappa shape index (κ1) is 12.5. The maximum absolute atomic E-state index is 11.7. The van der Waals surface area contributed by atoms with Crippen LogP contribution in [0.1, 0.15) is 47.0 Å². The summed E-state index contributed by atoms with van der Waals surface area (Å²) in [6.45, 7) is 8.99. The molecule has 1 aliphatic rings. The molecule has 1 atom stereocenters. The molecule has 1 N–H and O–H groups in total. The molecule has 0 aliphatic carbocycles. The van der Waals surface area contributed by atoms with Gasteiger partial charge in [0, 0.05) is 6.04 Å². The van der Waals surface area contributed by atoms with E-state index in [1.165, 1.54) is 0 Å². The first-order chi connectivity index (χ1) is 7.04. The third-order valence-electron chi connectivity index (χ3n) is 3.25. The summed E-state index contributed by atoms with van der Waals surface area (Å²) in [5.74, 6) is 0.554. The molecular weight excluding hydrogens is 190 g/mol. The molecule has 0 aromatic rings. The molecule has 1 rings (SSSR count). The van der Waals surface area contributed by atoms with Gasteiger partial charge in [-0.25, -0.2) is 0 Å². The van der Waals surface area contributed by atoms with Crippen molar-refractivity contribution in [3.05, 3.63) is 0 Å². The molecule has 1 saturated heterocycles. The Labute approximate surface area is 92.6 Å². The number of ether oxygens (including phenoxy) is 1. The number of cyclic esters (lactones) is 1. The minimum atomic E-state index is -0.433. The summed E-state index contributed by atoms with van der Waals surface area (Å²) in [5.41, 5.74) is -0.433. The zero-order valence-electron chi connectivity index (χ0n) is 10.3. The van der Waals surface area contributed by atoms with Gasteiger partial charge < -0.3 is 4.74 Å². The van der Waals surface area contributed by atoms with Crippen molar-refractivity contribution in [1.29, 1.82) is 0 Å². The number of hydrogen-bond acceptors (Lipinski definition) is 3. The summed E-state index contributed by atoms with van der Waals surface area (Å²) in [7, 11) is 0. The normalized spacial score (nSPS) is 25.4. The lowest BCUT2D eigenvalue weighted by molar-refractivity contribution is -0.159. The summed E-state index contributed by atoms with van der Waals surface area (Å²) < 4.78 is 5.29. The Bertz CT molecular complexity index is 222. The molecular formula is C12H23NO2. The summed E-state index contributed by atoms with van der Waals surface area (Å²) in [6, 6.07) is 0.322. The quantitative estimate of drug-likeness (QED) is 0.727. The SMILES string of the molecule is CCC1(CC)N[C@@H](CC(C)C)COC1=O. The van der Waals surface area contributed by atoms with E-state index in [1.54, 1.807) is 0 Å². The molecule has 0 unspecified atom stereocenters. The zero-order chi connectivity index (χ0) is 11.5. The Morgan fingerprint density at radius 3 is 2.53 bits per heavy atom. The van der Waals surface area contributed by atoms with Crippen LogP contribution in [0.4, 0.5) is 0 Å². The molecule has 0 bridgehead atoms. The second kappa shape index (κ2) is 4.97. The fraction of sp³-hybridized carbons (Fsp3) is 0.917. The van der Waals surface area contributed by atoms with Crippen molar-refractivity contribution in [2.24, 2.45) is 5.92 Å². The Balaban J connectivity index is 2.66. The number of hydrogen-bond donors (Lipinski definition) is 1. The van der Waals surface area contributed by atoms with Crippen LogP contribution >= 0.6 is 0 Å². The number of nitrogens with one attached hydrogen (secondary N) is 1. The van der Waals surface area contributed by atoms with E-state index < -0.39 is 5.54 Å². The molecule has 3 heteroatoms. The molecule has 0 radical (unpaired) electrons. The minimum Gasteiger partial charge on any atom is -0.463 e. The fourth-order valence-corrected chi connectivity index (χ4v) is 2.24. The van der Waals surface area contributed by atoms with Gasteiger partial charge >= 0.3 is 5.97 Å². The molecule has 0 aromatic carbocycles. The molecule has 3 nitrogen and oxygen atoms in total. The van der Waals surface area contributed by atoms with Gasteiger partial charge in [-0.05, 0) is 25.2 Å². The first-order valence-electron chi connectivity index (χ1n) is 5.99. The number of morpholine rings is 1. The van der Waals surface area contributed by atoms with Gasteiger partial charge in [-0.1, -0.05) is 27.7 Å². The monoisotopic (exact) mass is 213 g/mol. The number of carbonyl (C=O) groups excluding carboxylic acids is 1. The molecule has 88 valence electrons. The highest BCUT2D eigenvalue weighted by atomic mass is 16.5. The maximum Gasteiger partial charge on any atom is 0.326 e. The standard InChI is InChI=1S/C12H23NO2/c1-5-12(6-2)11(14)15-8-10(13-12)7-9(3)4/h9-10,13H,5-8H2,1-4H3/t10-/m0/s1. The van der Waals surface area contributed by atoms with E-state index in [-0.39, 0.29) is 5.97 Å². The molecule has 1 heterocycles. The second-order valence-corrected chi connectivity index (χ2v) is 4.86. The van der Waals surface area contributed by atoms with Gasteiger partial charge in [-0.3, -0.25) is 10.1 Å². The fourth-order valence-electron chi connectivity index (χ4n) is 2.24. The third-order valence-corrected chi connectivity index (χ3v) is 3.25. The average Bonchev–Trinajstić information content (AvgIpc) is 2.20. The first-order valence-corrected chi connectivity index (χ1v) is 5.99. The van der Waals surface area contributed by atoms with Crippen LogP contribution in [0, 0.1) is 5.92 Å². The average molecular weight is 213 g/mol. The number of carbonyl (C=O) groups is 1. The molecule has 0 amide bonds. The molecule has 0 aromatic heterocycles. The lowest BCUT2D eigenvalue weighted by Crippen LogP contribution is -2.61. The van der Waals surface area contributed by atoms with Gasteiger partial charge in [0.15, 0.2) is 0 Å². The van der Waals surface area contributed by atoms with E-state index in [9.17, 15) is 4.79 Å². The smallest absolute Gasteiger partial charge is 0.326 e. The van der Waals surface area contributed by atoms with Crippen molar-refractivity contribution < 1.29 is 9.53 Å². The van der Waals surface area contributed by atoms with E-state index in [0.717, 1.165) is 19.3 Å². The van der Waals surface area contributed by atoms with Crippen LogP contribution in [0.2, 0.25) is 0 Å². The highest BCUT2D eigenvalue weighted by molar-refractivity contribution is 5.81. The van der Waals surface area contributed by atoms with Crippen LogP contribution in [-0.2, 0) is 9.53 Å². The Morgan fingerprint density at radius 1 is 1.47 bits per heavy atom. The van der Waals surface area contributed by atoms with E-state index in [2.05, 4.69) is 19.2 Å².